The van der Waals surface area contributed by atoms with Gasteiger partial charge in [-0.15, -0.1) is 0 Å². The Morgan fingerprint density at radius 1 is 1.30 bits per heavy atom. The lowest BCUT2D eigenvalue weighted by Crippen LogP contribution is -2.25. The van der Waals surface area contributed by atoms with E-state index >= 15 is 0 Å². The molecule has 0 fully saturated rings. The van der Waals surface area contributed by atoms with Crippen molar-refractivity contribution in [2.24, 2.45) is 0 Å². The molecule has 0 saturated heterocycles. The van der Waals surface area contributed by atoms with Crippen LogP contribution in [0, 0.1) is 33.9 Å². The summed E-state index contributed by atoms with van der Waals surface area (Å²) in [7, 11) is 0.756. The van der Waals surface area contributed by atoms with E-state index in [-0.39, 0.29) is 0 Å². The molecule has 0 aromatic carbocycles. The molecule has 47 valence electrons. The maximum Gasteiger partial charge on any atom is 0.432 e. The standard InChI is InChI=1S/C5H3BN3O/c1-5(2-7,3-8)10-6-4-9/h1H3. The van der Waals surface area contributed by atoms with Gasteiger partial charge in [0, 0.05) is 5.97 Å². The fraction of sp³-hybridized carbons (Fsp3) is 0.400. The molecule has 4 nitrogen and oxygen atoms in total. The average Bonchev–Trinajstić information content (AvgIpc) is 2.00. The van der Waals surface area contributed by atoms with Crippen molar-refractivity contribution in [3.63, 3.8) is 0 Å². The van der Waals surface area contributed by atoms with Crippen LogP contribution in [-0.2, 0) is 4.65 Å². The Morgan fingerprint density at radius 3 is 2.10 bits per heavy atom. The van der Waals surface area contributed by atoms with Crippen LogP contribution in [-0.4, -0.2) is 13.1 Å². The molecule has 0 unspecified atom stereocenters. The highest BCUT2D eigenvalue weighted by Gasteiger charge is 2.23. The number of hydrogen-bond donors (Lipinski definition) is 0. The van der Waals surface area contributed by atoms with Gasteiger partial charge in [0.1, 0.15) is 12.1 Å². The molecule has 0 atom stereocenters. The molecule has 0 heterocycles. The Labute approximate surface area is 59.5 Å². The maximum absolute atomic E-state index is 8.28. The van der Waals surface area contributed by atoms with Gasteiger partial charge in [-0.1, -0.05) is 0 Å². The minimum Gasteiger partial charge on any atom is -0.397 e. The molecule has 10 heavy (non-hydrogen) atoms. The molecule has 0 rings (SSSR count). The van der Waals surface area contributed by atoms with Crippen molar-refractivity contribution < 1.29 is 4.65 Å². The molecule has 0 aromatic rings. The molecular formula is C5H3BN3O. The second-order valence-corrected chi connectivity index (χ2v) is 1.62. The lowest BCUT2D eigenvalue weighted by Gasteiger charge is -2.08. The number of hydrogen-bond acceptors (Lipinski definition) is 4. The van der Waals surface area contributed by atoms with Gasteiger partial charge in [0.25, 0.3) is 0 Å². The molecule has 5 heteroatoms. The highest BCUT2D eigenvalue weighted by Crippen LogP contribution is 2.04. The van der Waals surface area contributed by atoms with E-state index in [1.807, 2.05) is 0 Å². The number of nitrogens with zero attached hydrogens (tertiary/aromatic N) is 3. The lowest BCUT2D eigenvalue weighted by atomic mass is 10.0. The third-order valence-electron chi connectivity index (χ3n) is 0.774. The van der Waals surface area contributed by atoms with Crippen molar-refractivity contribution in [2.45, 2.75) is 12.5 Å². The van der Waals surface area contributed by atoms with Crippen LogP contribution in [0.3, 0.4) is 0 Å². The first-order valence-electron chi connectivity index (χ1n) is 2.40. The van der Waals surface area contributed by atoms with Gasteiger partial charge in [-0.2, -0.15) is 10.5 Å². The van der Waals surface area contributed by atoms with Gasteiger partial charge in [0.15, 0.2) is 0 Å². The van der Waals surface area contributed by atoms with E-state index in [2.05, 4.69) is 4.65 Å². The molecule has 1 radical (unpaired) electrons. The fourth-order valence-corrected chi connectivity index (χ4v) is 0.222. The molecule has 0 aliphatic rings. The predicted molar refractivity (Wildman–Crippen MR) is 32.1 cm³/mol. The molecule has 0 saturated carbocycles. The van der Waals surface area contributed by atoms with Crippen LogP contribution in [0.25, 0.3) is 0 Å². The van der Waals surface area contributed by atoms with E-state index < -0.39 is 5.60 Å². The van der Waals surface area contributed by atoms with Crippen LogP contribution in [0.15, 0.2) is 0 Å². The van der Waals surface area contributed by atoms with Crippen LogP contribution >= 0.6 is 0 Å². The van der Waals surface area contributed by atoms with Gasteiger partial charge in [-0.3, -0.25) is 0 Å². The van der Waals surface area contributed by atoms with Gasteiger partial charge >= 0.3 is 7.48 Å². The Morgan fingerprint density at radius 2 is 1.80 bits per heavy atom. The SMILES string of the molecule is CC(C#N)(C#N)O[B]C#N. The topological polar surface area (TPSA) is 80.6 Å². The quantitative estimate of drug-likeness (QED) is 0.491. The fourth-order valence-electron chi connectivity index (χ4n) is 0.222. The van der Waals surface area contributed by atoms with Crippen LogP contribution in [0.4, 0.5) is 0 Å². The highest BCUT2D eigenvalue weighted by molar-refractivity contribution is 6.37. The van der Waals surface area contributed by atoms with Gasteiger partial charge in [0.2, 0.25) is 5.60 Å². The van der Waals surface area contributed by atoms with Crippen molar-refractivity contribution in [3.8, 4) is 18.1 Å². The third-order valence-corrected chi connectivity index (χ3v) is 0.774. The average molecular weight is 132 g/mol. The summed E-state index contributed by atoms with van der Waals surface area (Å²) in [6.07, 6.45) is 0. The molecule has 0 N–H and O–H groups in total. The highest BCUT2D eigenvalue weighted by atomic mass is 16.5. The summed E-state index contributed by atoms with van der Waals surface area (Å²) < 4.78 is 4.47. The van der Waals surface area contributed by atoms with Crippen molar-refractivity contribution in [1.29, 1.82) is 15.8 Å². The van der Waals surface area contributed by atoms with E-state index in [0.29, 0.717) is 0 Å². The summed E-state index contributed by atoms with van der Waals surface area (Å²) in [5, 5.41) is 24.5. The first-order chi connectivity index (χ1) is 4.68. The Kier molecular flexibility index (Phi) is 2.98. The summed E-state index contributed by atoms with van der Waals surface area (Å²) >= 11 is 0. The molecule has 0 spiro atoms. The predicted octanol–water partition coefficient (Wildman–Crippen LogP) is -0.0909. The van der Waals surface area contributed by atoms with Crippen molar-refractivity contribution >= 4 is 7.48 Å². The van der Waals surface area contributed by atoms with Crippen molar-refractivity contribution in [3.05, 3.63) is 0 Å². The van der Waals surface area contributed by atoms with Crippen molar-refractivity contribution in [1.82, 2.24) is 0 Å². The second-order valence-electron chi connectivity index (χ2n) is 1.62. The maximum atomic E-state index is 8.28. The van der Waals surface area contributed by atoms with E-state index in [1.54, 1.807) is 18.1 Å². The van der Waals surface area contributed by atoms with Gasteiger partial charge in [0.05, 0.1) is 0 Å². The van der Waals surface area contributed by atoms with Crippen LogP contribution in [0.2, 0.25) is 0 Å². The van der Waals surface area contributed by atoms with E-state index in [0.717, 1.165) is 7.48 Å². The Balaban J connectivity index is 4.04. The largest absolute Gasteiger partial charge is 0.432 e. The minimum atomic E-state index is -1.53. The second kappa shape index (κ2) is 3.51. The zero-order valence-electron chi connectivity index (χ0n) is 5.33. The zero-order chi connectivity index (χ0) is 8.04. The van der Waals surface area contributed by atoms with Crippen LogP contribution in [0.5, 0.6) is 0 Å². The summed E-state index contributed by atoms with van der Waals surface area (Å²) in [4.78, 5) is 0. The molecule has 0 aliphatic carbocycles. The molecule has 0 amide bonds. The Bertz CT molecular complexity index is 217. The lowest BCUT2D eigenvalue weighted by molar-refractivity contribution is 0.224. The van der Waals surface area contributed by atoms with Gasteiger partial charge in [-0.25, -0.2) is 5.26 Å². The summed E-state index contributed by atoms with van der Waals surface area (Å²) in [5.41, 5.74) is -1.53. The Hall–Kier alpha value is -1.51. The van der Waals surface area contributed by atoms with Crippen molar-refractivity contribution in [2.75, 3.05) is 0 Å². The number of nitriles is 3. The molecule has 0 bridgehead atoms. The van der Waals surface area contributed by atoms with Gasteiger partial charge < -0.3 is 4.65 Å². The van der Waals surface area contributed by atoms with Crippen LogP contribution < -0.4 is 0 Å². The first kappa shape index (κ1) is 8.49. The summed E-state index contributed by atoms with van der Waals surface area (Å²) in [6.45, 7) is 1.28. The van der Waals surface area contributed by atoms with E-state index in [4.69, 9.17) is 15.8 Å². The normalized spacial score (nSPS) is 8.60. The first-order valence-corrected chi connectivity index (χ1v) is 2.40. The zero-order valence-corrected chi connectivity index (χ0v) is 5.33. The molecule has 0 aromatic heterocycles. The van der Waals surface area contributed by atoms with Crippen LogP contribution in [0.1, 0.15) is 6.92 Å². The summed E-state index contributed by atoms with van der Waals surface area (Å²) in [6, 6.07) is 3.19. The minimum absolute atomic E-state index is 0.756. The number of rotatable bonds is 2. The van der Waals surface area contributed by atoms with E-state index in [1.165, 1.54) is 6.92 Å². The third kappa shape index (κ3) is 2.18. The summed E-state index contributed by atoms with van der Waals surface area (Å²) in [5.74, 6) is 1.54. The molecular weight excluding hydrogens is 129 g/mol. The smallest absolute Gasteiger partial charge is 0.397 e. The van der Waals surface area contributed by atoms with E-state index in [9.17, 15) is 0 Å². The molecule has 0 aliphatic heterocycles. The van der Waals surface area contributed by atoms with Gasteiger partial charge in [-0.05, 0) is 6.92 Å². The monoisotopic (exact) mass is 132 g/mol.